The molecular formula is C14H13ClN2O4. The van der Waals surface area contributed by atoms with E-state index in [0.29, 0.717) is 4.90 Å². The van der Waals surface area contributed by atoms with Crippen LogP contribution in [0.1, 0.15) is 24.2 Å². The van der Waals surface area contributed by atoms with E-state index in [1.54, 1.807) is 26.0 Å². The Hall–Kier alpha value is -2.21. The lowest BCUT2D eigenvalue weighted by Gasteiger charge is -2.18. The number of halogens is 1. The maximum absolute atomic E-state index is 12.1. The van der Waals surface area contributed by atoms with Crippen molar-refractivity contribution in [1.29, 1.82) is 0 Å². The second kappa shape index (κ2) is 5.65. The Bertz CT molecular complexity index is 642. The van der Waals surface area contributed by atoms with Crippen molar-refractivity contribution in [3.63, 3.8) is 0 Å². The molecule has 6 nitrogen and oxygen atoms in total. The SMILES string of the molecule is CC(C)N1C(=O)C(=O)N(CC(=O)c2ccccc2Cl)C1=O. The number of Topliss-reactive ketones (excluding diaryl/α,β-unsaturated/α-hetero) is 1. The van der Waals surface area contributed by atoms with Crippen LogP contribution < -0.4 is 0 Å². The highest BCUT2D eigenvalue weighted by Gasteiger charge is 2.46. The number of benzene rings is 1. The Morgan fingerprint density at radius 3 is 2.29 bits per heavy atom. The van der Waals surface area contributed by atoms with Gasteiger partial charge in [-0.25, -0.2) is 9.69 Å². The molecule has 0 saturated carbocycles. The summed E-state index contributed by atoms with van der Waals surface area (Å²) in [5, 5.41) is 0.230. The molecule has 1 heterocycles. The van der Waals surface area contributed by atoms with Crippen molar-refractivity contribution >= 4 is 35.2 Å². The summed E-state index contributed by atoms with van der Waals surface area (Å²) < 4.78 is 0. The number of urea groups is 1. The third kappa shape index (κ3) is 2.67. The maximum Gasteiger partial charge on any atom is 0.334 e. The van der Waals surface area contributed by atoms with Gasteiger partial charge in [-0.05, 0) is 26.0 Å². The summed E-state index contributed by atoms with van der Waals surface area (Å²) in [5.74, 6) is -2.41. The summed E-state index contributed by atoms with van der Waals surface area (Å²) in [7, 11) is 0. The van der Waals surface area contributed by atoms with Gasteiger partial charge in [0.25, 0.3) is 0 Å². The van der Waals surface area contributed by atoms with E-state index in [1.807, 2.05) is 0 Å². The zero-order chi connectivity index (χ0) is 15.7. The van der Waals surface area contributed by atoms with Gasteiger partial charge in [-0.2, -0.15) is 0 Å². The lowest BCUT2D eigenvalue weighted by atomic mass is 10.1. The Labute approximate surface area is 126 Å². The molecule has 0 N–H and O–H groups in total. The van der Waals surface area contributed by atoms with Crippen molar-refractivity contribution in [1.82, 2.24) is 9.80 Å². The third-order valence-corrected chi connectivity index (χ3v) is 3.41. The van der Waals surface area contributed by atoms with Gasteiger partial charge in [0.2, 0.25) is 0 Å². The molecule has 0 atom stereocenters. The number of ketones is 1. The molecule has 0 aliphatic carbocycles. The van der Waals surface area contributed by atoms with Crippen LogP contribution in [0.3, 0.4) is 0 Å². The summed E-state index contributed by atoms with van der Waals surface area (Å²) >= 11 is 5.90. The monoisotopic (exact) mass is 308 g/mol. The van der Waals surface area contributed by atoms with E-state index in [-0.39, 0.29) is 10.6 Å². The molecule has 0 aromatic heterocycles. The summed E-state index contributed by atoms with van der Waals surface area (Å²) in [6.45, 7) is 2.72. The van der Waals surface area contributed by atoms with Crippen molar-refractivity contribution < 1.29 is 19.2 Å². The van der Waals surface area contributed by atoms with Gasteiger partial charge < -0.3 is 0 Å². The van der Waals surface area contributed by atoms with Crippen LogP contribution in [0.25, 0.3) is 0 Å². The molecule has 1 aromatic rings. The van der Waals surface area contributed by atoms with Crippen molar-refractivity contribution in [2.24, 2.45) is 0 Å². The molecule has 2 rings (SSSR count). The Morgan fingerprint density at radius 1 is 1.14 bits per heavy atom. The Kier molecular flexibility index (Phi) is 4.09. The van der Waals surface area contributed by atoms with Crippen LogP contribution in [-0.4, -0.2) is 46.0 Å². The molecule has 7 heteroatoms. The number of amides is 4. The van der Waals surface area contributed by atoms with Crippen LogP contribution in [0.2, 0.25) is 5.02 Å². The second-order valence-electron chi connectivity index (χ2n) is 4.85. The zero-order valence-corrected chi connectivity index (χ0v) is 12.3. The normalized spacial score (nSPS) is 15.3. The predicted octanol–water partition coefficient (Wildman–Crippen LogP) is 1.72. The topological polar surface area (TPSA) is 74.8 Å². The van der Waals surface area contributed by atoms with E-state index < -0.39 is 36.2 Å². The highest BCUT2D eigenvalue weighted by molar-refractivity contribution is 6.45. The van der Waals surface area contributed by atoms with Gasteiger partial charge in [-0.3, -0.25) is 19.3 Å². The van der Waals surface area contributed by atoms with E-state index in [0.717, 1.165) is 4.90 Å². The average Bonchev–Trinajstić information content (AvgIpc) is 2.63. The van der Waals surface area contributed by atoms with Gasteiger partial charge in [0, 0.05) is 11.6 Å². The van der Waals surface area contributed by atoms with Gasteiger partial charge in [0.1, 0.15) is 0 Å². The molecular weight excluding hydrogens is 296 g/mol. The minimum Gasteiger partial charge on any atom is -0.292 e. The highest BCUT2D eigenvalue weighted by atomic mass is 35.5. The molecule has 0 unspecified atom stereocenters. The van der Waals surface area contributed by atoms with Crippen LogP contribution in [0.15, 0.2) is 24.3 Å². The van der Waals surface area contributed by atoms with Gasteiger partial charge in [-0.1, -0.05) is 23.7 Å². The lowest BCUT2D eigenvalue weighted by molar-refractivity contribution is -0.143. The molecule has 0 spiro atoms. The zero-order valence-electron chi connectivity index (χ0n) is 11.5. The van der Waals surface area contributed by atoms with E-state index in [4.69, 9.17) is 11.6 Å². The van der Waals surface area contributed by atoms with E-state index >= 15 is 0 Å². The van der Waals surface area contributed by atoms with Crippen LogP contribution >= 0.6 is 11.6 Å². The van der Waals surface area contributed by atoms with Crippen LogP contribution in [0, 0.1) is 0 Å². The number of imide groups is 2. The van der Waals surface area contributed by atoms with Crippen molar-refractivity contribution in [3.8, 4) is 0 Å². The fourth-order valence-corrected chi connectivity index (χ4v) is 2.27. The van der Waals surface area contributed by atoms with Crippen molar-refractivity contribution in [2.75, 3.05) is 6.54 Å². The molecule has 21 heavy (non-hydrogen) atoms. The Balaban J connectivity index is 2.22. The number of hydrogen-bond donors (Lipinski definition) is 0. The fourth-order valence-electron chi connectivity index (χ4n) is 2.03. The predicted molar refractivity (Wildman–Crippen MR) is 74.9 cm³/mol. The van der Waals surface area contributed by atoms with Crippen LogP contribution in [0.5, 0.6) is 0 Å². The molecule has 0 radical (unpaired) electrons. The Morgan fingerprint density at radius 2 is 1.76 bits per heavy atom. The van der Waals surface area contributed by atoms with Gasteiger partial charge >= 0.3 is 17.8 Å². The minimum absolute atomic E-state index is 0.204. The molecule has 1 fully saturated rings. The van der Waals surface area contributed by atoms with E-state index in [2.05, 4.69) is 0 Å². The van der Waals surface area contributed by atoms with Crippen LogP contribution in [-0.2, 0) is 9.59 Å². The lowest BCUT2D eigenvalue weighted by Crippen LogP contribution is -2.39. The molecule has 0 bridgehead atoms. The second-order valence-corrected chi connectivity index (χ2v) is 5.25. The fraction of sp³-hybridized carbons (Fsp3) is 0.286. The van der Waals surface area contributed by atoms with Crippen molar-refractivity contribution in [2.45, 2.75) is 19.9 Å². The van der Waals surface area contributed by atoms with Crippen LogP contribution in [0.4, 0.5) is 4.79 Å². The van der Waals surface area contributed by atoms with Gasteiger partial charge in [0.15, 0.2) is 5.78 Å². The first-order valence-corrected chi connectivity index (χ1v) is 6.69. The largest absolute Gasteiger partial charge is 0.334 e. The molecule has 1 aliphatic rings. The molecule has 1 aromatic carbocycles. The summed E-state index contributed by atoms with van der Waals surface area (Å²) in [4.78, 5) is 49.2. The maximum atomic E-state index is 12.1. The van der Waals surface area contributed by atoms with Crippen molar-refractivity contribution in [3.05, 3.63) is 34.9 Å². The summed E-state index contributed by atoms with van der Waals surface area (Å²) in [5.41, 5.74) is 0.204. The third-order valence-electron chi connectivity index (χ3n) is 3.08. The van der Waals surface area contributed by atoms with Gasteiger partial charge in [-0.15, -0.1) is 0 Å². The highest BCUT2D eigenvalue weighted by Crippen LogP contribution is 2.19. The first-order chi connectivity index (χ1) is 9.84. The van der Waals surface area contributed by atoms with Gasteiger partial charge in [0.05, 0.1) is 11.6 Å². The summed E-state index contributed by atoms with van der Waals surface area (Å²) in [6, 6.07) is 5.09. The number of nitrogens with zero attached hydrogens (tertiary/aromatic N) is 2. The summed E-state index contributed by atoms with van der Waals surface area (Å²) in [6.07, 6.45) is 0. The molecule has 110 valence electrons. The molecule has 4 amide bonds. The number of carbonyl (C=O) groups excluding carboxylic acids is 4. The standard InChI is InChI=1S/C14H13ClN2O4/c1-8(2)17-13(20)12(19)16(14(17)21)7-11(18)9-5-3-4-6-10(9)15/h3-6,8H,7H2,1-2H3. The average molecular weight is 309 g/mol. The quantitative estimate of drug-likeness (QED) is 0.482. The number of rotatable bonds is 4. The number of hydrogen-bond acceptors (Lipinski definition) is 4. The van der Waals surface area contributed by atoms with E-state index in [1.165, 1.54) is 12.1 Å². The minimum atomic E-state index is -0.992. The molecule has 1 aliphatic heterocycles. The molecule has 1 saturated heterocycles. The smallest absolute Gasteiger partial charge is 0.292 e. The van der Waals surface area contributed by atoms with E-state index in [9.17, 15) is 19.2 Å². The first-order valence-electron chi connectivity index (χ1n) is 6.31. The number of carbonyl (C=O) groups is 4. The first kappa shape index (κ1) is 15.2.